The Morgan fingerprint density at radius 3 is 2.78 bits per heavy atom. The van der Waals surface area contributed by atoms with E-state index in [1.54, 1.807) is 24.3 Å². The van der Waals surface area contributed by atoms with Crippen molar-refractivity contribution in [3.8, 4) is 5.75 Å². The minimum absolute atomic E-state index is 0.00406. The first kappa shape index (κ1) is 14.2. The minimum atomic E-state index is -0.220. The fourth-order valence-electron chi connectivity index (χ4n) is 1.49. The van der Waals surface area contributed by atoms with E-state index in [-0.39, 0.29) is 17.8 Å². The van der Waals surface area contributed by atoms with Crippen LogP contribution < -0.4 is 16.0 Å². The van der Waals surface area contributed by atoms with Gasteiger partial charge in [0.2, 0.25) is 5.91 Å². The predicted octanol–water partition coefficient (Wildman–Crippen LogP) is 1.43. The number of rotatable bonds is 6. The monoisotopic (exact) mass is 250 g/mol. The van der Waals surface area contributed by atoms with E-state index in [0.717, 1.165) is 0 Å². The summed E-state index contributed by atoms with van der Waals surface area (Å²) in [7, 11) is 0. The van der Waals surface area contributed by atoms with E-state index >= 15 is 0 Å². The number of carbonyl (C=O) groups is 2. The van der Waals surface area contributed by atoms with E-state index in [1.165, 1.54) is 6.92 Å². The predicted molar refractivity (Wildman–Crippen MR) is 68.1 cm³/mol. The van der Waals surface area contributed by atoms with E-state index in [0.29, 0.717) is 24.2 Å². The second kappa shape index (κ2) is 6.76. The number of hydrogen-bond acceptors (Lipinski definition) is 4. The first-order chi connectivity index (χ1) is 8.52. The van der Waals surface area contributed by atoms with E-state index in [1.807, 2.05) is 6.92 Å². The van der Waals surface area contributed by atoms with Gasteiger partial charge in [-0.2, -0.15) is 0 Å². The number of benzene rings is 1. The van der Waals surface area contributed by atoms with Crippen molar-refractivity contribution in [2.45, 2.75) is 32.8 Å². The average molecular weight is 250 g/mol. The molecule has 0 heterocycles. The van der Waals surface area contributed by atoms with Gasteiger partial charge in [0.25, 0.3) is 0 Å². The number of carbonyl (C=O) groups excluding carboxylic acids is 2. The Kier molecular flexibility index (Phi) is 5.32. The summed E-state index contributed by atoms with van der Waals surface area (Å²) in [4.78, 5) is 22.2. The van der Waals surface area contributed by atoms with Gasteiger partial charge in [0.05, 0.1) is 6.10 Å². The molecule has 0 aliphatic heterocycles. The molecule has 0 aromatic heterocycles. The minimum Gasteiger partial charge on any atom is -0.491 e. The quantitative estimate of drug-likeness (QED) is 0.346. The largest absolute Gasteiger partial charge is 0.491 e. The fourth-order valence-corrected chi connectivity index (χ4v) is 1.49. The number of ketones is 1. The number of nitrogens with two attached hydrogens (primary N) is 1. The Balaban J connectivity index is 2.53. The molecule has 3 N–H and O–H groups in total. The van der Waals surface area contributed by atoms with Crippen molar-refractivity contribution in [1.29, 1.82) is 0 Å². The van der Waals surface area contributed by atoms with Gasteiger partial charge in [-0.05, 0) is 32.4 Å². The summed E-state index contributed by atoms with van der Waals surface area (Å²) >= 11 is 0. The second-order valence-electron chi connectivity index (χ2n) is 4.12. The first-order valence-electron chi connectivity index (χ1n) is 5.80. The van der Waals surface area contributed by atoms with Crippen LogP contribution in [0.1, 0.15) is 37.0 Å². The highest BCUT2D eigenvalue weighted by atomic mass is 16.5. The average Bonchev–Trinajstić information content (AvgIpc) is 2.36. The molecule has 0 radical (unpaired) electrons. The highest BCUT2D eigenvalue weighted by Gasteiger charge is 2.08. The summed E-state index contributed by atoms with van der Waals surface area (Å²) in [6.45, 7) is 3.37. The van der Waals surface area contributed by atoms with Crippen molar-refractivity contribution in [3.63, 3.8) is 0 Å². The summed E-state index contributed by atoms with van der Waals surface area (Å²) < 4.78 is 5.63. The van der Waals surface area contributed by atoms with Gasteiger partial charge in [-0.15, -0.1) is 0 Å². The van der Waals surface area contributed by atoms with Crippen molar-refractivity contribution >= 4 is 11.7 Å². The Morgan fingerprint density at radius 1 is 1.44 bits per heavy atom. The van der Waals surface area contributed by atoms with E-state index in [2.05, 4.69) is 5.43 Å². The SMILES string of the molecule is CC(=O)c1cccc(OC(C)CCC(=O)NN)c1. The van der Waals surface area contributed by atoms with Gasteiger partial charge < -0.3 is 4.74 Å². The van der Waals surface area contributed by atoms with Gasteiger partial charge >= 0.3 is 0 Å². The van der Waals surface area contributed by atoms with Gasteiger partial charge in [0.1, 0.15) is 5.75 Å². The smallest absolute Gasteiger partial charge is 0.234 e. The second-order valence-corrected chi connectivity index (χ2v) is 4.12. The molecule has 0 aliphatic carbocycles. The zero-order valence-corrected chi connectivity index (χ0v) is 10.6. The molecule has 1 atom stereocenters. The molecule has 1 rings (SSSR count). The lowest BCUT2D eigenvalue weighted by Crippen LogP contribution is -2.30. The molecule has 1 unspecified atom stereocenters. The summed E-state index contributed by atoms with van der Waals surface area (Å²) in [5.74, 6) is 5.39. The number of amides is 1. The fraction of sp³-hybridized carbons (Fsp3) is 0.385. The normalized spacial score (nSPS) is 11.7. The Labute approximate surface area is 106 Å². The number of hydrazine groups is 1. The molecule has 5 nitrogen and oxygen atoms in total. The van der Waals surface area contributed by atoms with Crippen LogP contribution in [-0.4, -0.2) is 17.8 Å². The molecular formula is C13H18N2O3. The van der Waals surface area contributed by atoms with Crippen LogP contribution in [0.5, 0.6) is 5.75 Å². The molecular weight excluding hydrogens is 232 g/mol. The molecule has 5 heteroatoms. The maximum atomic E-state index is 11.2. The van der Waals surface area contributed by atoms with Crippen LogP contribution in [0.25, 0.3) is 0 Å². The van der Waals surface area contributed by atoms with E-state index < -0.39 is 0 Å². The third-order valence-corrected chi connectivity index (χ3v) is 2.52. The lowest BCUT2D eigenvalue weighted by atomic mass is 10.1. The number of hydrogen-bond donors (Lipinski definition) is 2. The van der Waals surface area contributed by atoms with Gasteiger partial charge in [0.15, 0.2) is 5.78 Å². The number of ether oxygens (including phenoxy) is 1. The van der Waals surface area contributed by atoms with Gasteiger partial charge in [-0.3, -0.25) is 15.0 Å². The molecule has 18 heavy (non-hydrogen) atoms. The molecule has 1 aromatic carbocycles. The Hall–Kier alpha value is -1.88. The molecule has 1 aromatic rings. The van der Waals surface area contributed by atoms with Gasteiger partial charge in [-0.1, -0.05) is 12.1 Å². The number of nitrogens with one attached hydrogen (secondary N) is 1. The maximum Gasteiger partial charge on any atom is 0.234 e. The lowest BCUT2D eigenvalue weighted by Gasteiger charge is -2.14. The molecule has 0 saturated heterocycles. The maximum absolute atomic E-state index is 11.2. The lowest BCUT2D eigenvalue weighted by molar-refractivity contribution is -0.121. The highest BCUT2D eigenvalue weighted by molar-refractivity contribution is 5.94. The van der Waals surface area contributed by atoms with Crippen LogP contribution >= 0.6 is 0 Å². The van der Waals surface area contributed by atoms with Crippen molar-refractivity contribution in [2.24, 2.45) is 5.84 Å². The third kappa shape index (κ3) is 4.55. The molecule has 1 amide bonds. The Bertz CT molecular complexity index is 432. The van der Waals surface area contributed by atoms with Crippen molar-refractivity contribution < 1.29 is 14.3 Å². The zero-order chi connectivity index (χ0) is 13.5. The zero-order valence-electron chi connectivity index (χ0n) is 10.6. The van der Waals surface area contributed by atoms with Crippen LogP contribution in [0.4, 0.5) is 0 Å². The molecule has 98 valence electrons. The summed E-state index contributed by atoms with van der Waals surface area (Å²) in [5.41, 5.74) is 2.68. The number of Topliss-reactive ketones (excluding diaryl/α,β-unsaturated/α-hetero) is 1. The van der Waals surface area contributed by atoms with Crippen LogP contribution in [0, 0.1) is 0 Å². The van der Waals surface area contributed by atoms with Crippen molar-refractivity contribution in [1.82, 2.24) is 5.43 Å². The van der Waals surface area contributed by atoms with E-state index in [9.17, 15) is 9.59 Å². The summed E-state index contributed by atoms with van der Waals surface area (Å²) in [6.07, 6.45) is 0.752. The van der Waals surface area contributed by atoms with Crippen LogP contribution in [0.3, 0.4) is 0 Å². The van der Waals surface area contributed by atoms with E-state index in [4.69, 9.17) is 10.6 Å². The summed E-state index contributed by atoms with van der Waals surface area (Å²) in [5, 5.41) is 0. The van der Waals surface area contributed by atoms with Crippen molar-refractivity contribution in [2.75, 3.05) is 0 Å². The molecule has 0 saturated carbocycles. The Morgan fingerprint density at radius 2 is 2.17 bits per heavy atom. The van der Waals surface area contributed by atoms with Crippen LogP contribution in [0.2, 0.25) is 0 Å². The first-order valence-corrected chi connectivity index (χ1v) is 5.80. The summed E-state index contributed by atoms with van der Waals surface area (Å²) in [6, 6.07) is 6.99. The van der Waals surface area contributed by atoms with Crippen LogP contribution in [0.15, 0.2) is 24.3 Å². The van der Waals surface area contributed by atoms with Crippen molar-refractivity contribution in [3.05, 3.63) is 29.8 Å². The van der Waals surface area contributed by atoms with Gasteiger partial charge in [-0.25, -0.2) is 5.84 Å². The molecule has 0 bridgehead atoms. The molecule has 0 spiro atoms. The highest BCUT2D eigenvalue weighted by Crippen LogP contribution is 2.16. The topological polar surface area (TPSA) is 81.4 Å². The standard InChI is InChI=1S/C13H18N2O3/c1-9(6-7-13(17)15-14)18-12-5-3-4-11(8-12)10(2)16/h3-5,8-9H,6-7,14H2,1-2H3,(H,15,17). The van der Waals surface area contributed by atoms with Crippen LogP contribution in [-0.2, 0) is 4.79 Å². The molecule has 0 aliphatic rings. The van der Waals surface area contributed by atoms with Gasteiger partial charge in [0, 0.05) is 12.0 Å². The third-order valence-electron chi connectivity index (χ3n) is 2.52. The molecule has 0 fully saturated rings.